The van der Waals surface area contributed by atoms with Gasteiger partial charge in [0.2, 0.25) is 0 Å². The number of nitrogens with two attached hydrogens (primary N) is 1. The molecule has 1 aromatic rings. The second kappa shape index (κ2) is 5.12. The molecule has 3 N–H and O–H groups in total. The van der Waals surface area contributed by atoms with Crippen molar-refractivity contribution in [3.63, 3.8) is 0 Å². The maximum absolute atomic E-state index is 5.73. The second-order valence-electron chi connectivity index (χ2n) is 4.27. The van der Waals surface area contributed by atoms with E-state index in [1.807, 2.05) is 6.07 Å². The van der Waals surface area contributed by atoms with Crippen molar-refractivity contribution in [2.75, 3.05) is 13.1 Å². The highest BCUT2D eigenvalue weighted by atomic mass is 15.1. The lowest BCUT2D eigenvalue weighted by Crippen LogP contribution is -2.26. The second-order valence-corrected chi connectivity index (χ2v) is 4.27. The molecule has 1 aliphatic heterocycles. The van der Waals surface area contributed by atoms with Crippen molar-refractivity contribution in [2.45, 2.75) is 19.9 Å². The van der Waals surface area contributed by atoms with E-state index in [2.05, 4.69) is 35.4 Å². The molecule has 3 nitrogen and oxygen atoms in total. The summed E-state index contributed by atoms with van der Waals surface area (Å²) in [6.45, 7) is 4.73. The van der Waals surface area contributed by atoms with Gasteiger partial charge in [-0.15, -0.1) is 0 Å². The normalized spacial score (nSPS) is 16.8. The predicted octanol–water partition coefficient (Wildman–Crippen LogP) is 1.33. The average molecular weight is 217 g/mol. The highest BCUT2D eigenvalue weighted by Gasteiger charge is 2.15. The summed E-state index contributed by atoms with van der Waals surface area (Å²) in [5.74, 6) is 1.60. The van der Waals surface area contributed by atoms with Gasteiger partial charge in [-0.25, -0.2) is 0 Å². The molecule has 0 bridgehead atoms. The van der Waals surface area contributed by atoms with Crippen molar-refractivity contribution in [3.8, 4) is 0 Å². The Hall–Kier alpha value is -1.35. The molecule has 0 aromatic heterocycles. The number of rotatable bonds is 4. The van der Waals surface area contributed by atoms with Crippen LogP contribution in [0.15, 0.2) is 29.3 Å². The first-order chi connectivity index (χ1) is 7.81. The fourth-order valence-corrected chi connectivity index (χ4v) is 2.13. The van der Waals surface area contributed by atoms with Gasteiger partial charge in [-0.2, -0.15) is 0 Å². The first-order valence-electron chi connectivity index (χ1n) is 5.86. The van der Waals surface area contributed by atoms with Crippen LogP contribution in [0.5, 0.6) is 0 Å². The van der Waals surface area contributed by atoms with Crippen LogP contribution in [0, 0.1) is 5.92 Å². The minimum Gasteiger partial charge on any atom is -0.372 e. The van der Waals surface area contributed by atoms with E-state index in [-0.39, 0.29) is 0 Å². The van der Waals surface area contributed by atoms with Crippen molar-refractivity contribution in [1.29, 1.82) is 0 Å². The van der Waals surface area contributed by atoms with E-state index in [9.17, 15) is 0 Å². The smallest absolute Gasteiger partial charge is 0.0996 e. The summed E-state index contributed by atoms with van der Waals surface area (Å²) in [6, 6.07) is 8.38. The highest BCUT2D eigenvalue weighted by Crippen LogP contribution is 2.15. The highest BCUT2D eigenvalue weighted by molar-refractivity contribution is 5.85. The number of aliphatic imine (C=N–C) groups is 1. The molecule has 0 aliphatic carbocycles. The summed E-state index contributed by atoms with van der Waals surface area (Å²) >= 11 is 0. The van der Waals surface area contributed by atoms with E-state index in [4.69, 9.17) is 5.73 Å². The zero-order valence-corrected chi connectivity index (χ0v) is 9.74. The Balaban J connectivity index is 2.08. The van der Waals surface area contributed by atoms with Crippen LogP contribution < -0.4 is 11.1 Å². The average Bonchev–Trinajstić information content (AvgIpc) is 2.83. The third-order valence-electron chi connectivity index (χ3n) is 3.03. The molecule has 0 radical (unpaired) electrons. The molecule has 1 atom stereocenters. The van der Waals surface area contributed by atoms with Crippen LogP contribution in [0.4, 0.5) is 0 Å². The fourth-order valence-electron chi connectivity index (χ4n) is 2.13. The maximum Gasteiger partial charge on any atom is 0.0996 e. The van der Waals surface area contributed by atoms with Gasteiger partial charge in [0.15, 0.2) is 0 Å². The Kier molecular flexibility index (Phi) is 3.57. The van der Waals surface area contributed by atoms with Crippen LogP contribution >= 0.6 is 0 Å². The molecule has 0 amide bonds. The lowest BCUT2D eigenvalue weighted by Gasteiger charge is -2.14. The van der Waals surface area contributed by atoms with Gasteiger partial charge >= 0.3 is 0 Å². The van der Waals surface area contributed by atoms with Crippen molar-refractivity contribution < 1.29 is 0 Å². The topological polar surface area (TPSA) is 50.4 Å². The van der Waals surface area contributed by atoms with E-state index in [1.165, 1.54) is 11.1 Å². The lowest BCUT2D eigenvalue weighted by atomic mass is 9.96. The van der Waals surface area contributed by atoms with E-state index < -0.39 is 0 Å². The number of amidine groups is 1. The van der Waals surface area contributed by atoms with Crippen molar-refractivity contribution in [3.05, 3.63) is 35.4 Å². The van der Waals surface area contributed by atoms with Gasteiger partial charge in [-0.05, 0) is 17.5 Å². The van der Waals surface area contributed by atoms with E-state index in [0.29, 0.717) is 12.5 Å². The minimum atomic E-state index is 0.454. The first-order valence-corrected chi connectivity index (χ1v) is 5.86. The number of nitrogens with one attached hydrogen (secondary N) is 1. The van der Waals surface area contributed by atoms with Gasteiger partial charge in [-0.1, -0.05) is 31.2 Å². The predicted molar refractivity (Wildman–Crippen MR) is 67.5 cm³/mol. The Morgan fingerprint density at radius 2 is 2.12 bits per heavy atom. The quantitative estimate of drug-likeness (QED) is 0.799. The molecule has 3 heteroatoms. The summed E-state index contributed by atoms with van der Waals surface area (Å²) in [4.78, 5) is 4.46. The van der Waals surface area contributed by atoms with Gasteiger partial charge in [0.1, 0.15) is 0 Å². The number of hydrogen-bond acceptors (Lipinski definition) is 3. The molecule has 0 saturated carbocycles. The summed E-state index contributed by atoms with van der Waals surface area (Å²) in [6.07, 6.45) is 1.01. The Morgan fingerprint density at radius 1 is 1.38 bits per heavy atom. The summed E-state index contributed by atoms with van der Waals surface area (Å²) in [5, 5.41) is 3.33. The standard InChI is InChI=1S/C13H19N3/c1-10(13-15-6-7-16-13)8-11-4-2-3-5-12(11)9-14/h2-5,10H,6-9,14H2,1H3,(H,15,16). The Bertz CT molecular complexity index is 385. The SMILES string of the molecule is CC(Cc1ccccc1CN)C1=NCCN1. The maximum atomic E-state index is 5.73. The molecular formula is C13H19N3. The number of benzene rings is 1. The van der Waals surface area contributed by atoms with E-state index in [0.717, 1.165) is 25.3 Å². The Morgan fingerprint density at radius 3 is 2.75 bits per heavy atom. The van der Waals surface area contributed by atoms with E-state index in [1.54, 1.807) is 0 Å². The third-order valence-corrected chi connectivity index (χ3v) is 3.03. The monoisotopic (exact) mass is 217 g/mol. The molecule has 1 aromatic carbocycles. The molecule has 86 valence electrons. The molecule has 0 fully saturated rings. The number of hydrogen-bond donors (Lipinski definition) is 2. The summed E-state index contributed by atoms with van der Waals surface area (Å²) in [7, 11) is 0. The van der Waals surface area contributed by atoms with Gasteiger partial charge in [0.25, 0.3) is 0 Å². The van der Waals surface area contributed by atoms with Crippen LogP contribution in [-0.4, -0.2) is 18.9 Å². The molecule has 0 spiro atoms. The van der Waals surface area contributed by atoms with Gasteiger partial charge in [0.05, 0.1) is 12.4 Å². The zero-order chi connectivity index (χ0) is 11.4. The van der Waals surface area contributed by atoms with Crippen LogP contribution in [0.2, 0.25) is 0 Å². The van der Waals surface area contributed by atoms with Crippen LogP contribution in [0.25, 0.3) is 0 Å². The first kappa shape index (κ1) is 11.1. The largest absolute Gasteiger partial charge is 0.372 e. The molecule has 0 saturated heterocycles. The van der Waals surface area contributed by atoms with Crippen LogP contribution in [0.3, 0.4) is 0 Å². The minimum absolute atomic E-state index is 0.454. The Labute approximate surface area is 96.8 Å². The molecule has 2 rings (SSSR count). The molecule has 1 heterocycles. The molecule has 1 aliphatic rings. The van der Waals surface area contributed by atoms with Gasteiger partial charge in [0, 0.05) is 19.0 Å². The molecular weight excluding hydrogens is 198 g/mol. The third kappa shape index (κ3) is 2.42. The van der Waals surface area contributed by atoms with Gasteiger partial charge in [-0.3, -0.25) is 4.99 Å². The lowest BCUT2D eigenvalue weighted by molar-refractivity contribution is 0.735. The van der Waals surface area contributed by atoms with Crippen molar-refractivity contribution >= 4 is 5.84 Å². The van der Waals surface area contributed by atoms with Gasteiger partial charge < -0.3 is 11.1 Å². The fraction of sp³-hybridized carbons (Fsp3) is 0.462. The summed E-state index contributed by atoms with van der Waals surface area (Å²) < 4.78 is 0. The van der Waals surface area contributed by atoms with E-state index >= 15 is 0 Å². The van der Waals surface area contributed by atoms with Crippen molar-refractivity contribution in [2.24, 2.45) is 16.6 Å². The molecule has 16 heavy (non-hydrogen) atoms. The zero-order valence-electron chi connectivity index (χ0n) is 9.74. The molecule has 1 unspecified atom stereocenters. The van der Waals surface area contributed by atoms with Crippen LogP contribution in [-0.2, 0) is 13.0 Å². The van der Waals surface area contributed by atoms with Crippen molar-refractivity contribution in [1.82, 2.24) is 5.32 Å². The van der Waals surface area contributed by atoms with Crippen LogP contribution in [0.1, 0.15) is 18.1 Å². The summed E-state index contributed by atoms with van der Waals surface area (Å²) in [5.41, 5.74) is 8.32. The number of nitrogens with zero attached hydrogens (tertiary/aromatic N) is 1.